The first-order valence-corrected chi connectivity index (χ1v) is 11.8. The van der Waals surface area contributed by atoms with E-state index in [1.807, 2.05) is 97.1 Å². The molecule has 1 atom stereocenters. The lowest BCUT2D eigenvalue weighted by atomic mass is 9.98. The molecule has 1 aliphatic heterocycles. The number of benzene rings is 4. The molecule has 0 saturated carbocycles. The van der Waals surface area contributed by atoms with E-state index >= 15 is 0 Å². The Morgan fingerprint density at radius 3 is 2.20 bits per heavy atom. The lowest BCUT2D eigenvalue weighted by Crippen LogP contribution is -2.31. The summed E-state index contributed by atoms with van der Waals surface area (Å²) in [5.41, 5.74) is 3.27. The van der Waals surface area contributed by atoms with Crippen LogP contribution in [0.2, 0.25) is 10.0 Å². The first-order chi connectivity index (χ1) is 17.0. The van der Waals surface area contributed by atoms with Crippen molar-refractivity contribution in [1.82, 2.24) is 5.01 Å². The van der Waals surface area contributed by atoms with Crippen molar-refractivity contribution in [1.29, 1.82) is 0 Å². The van der Waals surface area contributed by atoms with Gasteiger partial charge in [0.25, 0.3) is 0 Å². The van der Waals surface area contributed by atoms with Crippen LogP contribution in [0, 0.1) is 0 Å². The van der Waals surface area contributed by atoms with Crippen molar-refractivity contribution in [3.63, 3.8) is 0 Å². The van der Waals surface area contributed by atoms with Crippen LogP contribution in [0.1, 0.15) is 23.6 Å². The summed E-state index contributed by atoms with van der Waals surface area (Å²) in [5.74, 6) is 1.34. The van der Waals surface area contributed by atoms with Crippen LogP contribution >= 0.6 is 23.2 Å². The molecule has 1 N–H and O–H groups in total. The summed E-state index contributed by atoms with van der Waals surface area (Å²) in [5, 5.41) is 10.4. The molecular formula is C28H21Cl2N3O2. The van der Waals surface area contributed by atoms with Crippen molar-refractivity contribution in [2.45, 2.75) is 12.5 Å². The van der Waals surface area contributed by atoms with Gasteiger partial charge in [-0.3, -0.25) is 0 Å². The standard InChI is InChI=1S/C28H21Cl2N3O2/c29-21-13-9-19(10-14-21)26-18-27(20-11-15-22(30)16-12-20)33(32-26)28(34)31-23-5-4-8-25(17-23)35-24-6-2-1-3-7-24/h1-17,27H,18H2,(H,31,34). The zero-order valence-corrected chi connectivity index (χ0v) is 20.1. The molecule has 0 bridgehead atoms. The second-order valence-electron chi connectivity index (χ2n) is 8.04. The highest BCUT2D eigenvalue weighted by Gasteiger charge is 2.33. The Bertz CT molecular complexity index is 1360. The highest BCUT2D eigenvalue weighted by molar-refractivity contribution is 6.31. The SMILES string of the molecule is O=C(Nc1cccc(Oc2ccccc2)c1)N1N=C(c2ccc(Cl)cc2)CC1c1ccc(Cl)cc1. The molecule has 7 heteroatoms. The third-order valence-corrected chi connectivity index (χ3v) is 6.12. The fraction of sp³-hybridized carbons (Fsp3) is 0.0714. The average Bonchev–Trinajstić information content (AvgIpc) is 3.31. The number of hydrogen-bond acceptors (Lipinski definition) is 3. The molecular weight excluding hydrogens is 481 g/mol. The number of carbonyl (C=O) groups excluding carboxylic acids is 1. The zero-order chi connectivity index (χ0) is 24.2. The van der Waals surface area contributed by atoms with Crippen LogP contribution in [0.5, 0.6) is 11.5 Å². The highest BCUT2D eigenvalue weighted by Crippen LogP contribution is 2.34. The molecule has 2 amide bonds. The molecule has 0 fully saturated rings. The van der Waals surface area contributed by atoms with Gasteiger partial charge >= 0.3 is 6.03 Å². The molecule has 1 heterocycles. The van der Waals surface area contributed by atoms with Gasteiger partial charge < -0.3 is 10.1 Å². The molecule has 0 saturated heterocycles. The number of amides is 2. The van der Waals surface area contributed by atoms with Crippen LogP contribution < -0.4 is 10.1 Å². The molecule has 1 aliphatic rings. The van der Waals surface area contributed by atoms with E-state index in [-0.39, 0.29) is 12.1 Å². The summed E-state index contributed by atoms with van der Waals surface area (Å²) in [6.07, 6.45) is 0.563. The van der Waals surface area contributed by atoms with Gasteiger partial charge in [0, 0.05) is 28.2 Å². The third kappa shape index (κ3) is 5.48. The molecule has 0 aromatic heterocycles. The molecule has 5 rings (SSSR count). The molecule has 0 aliphatic carbocycles. The minimum atomic E-state index is -0.342. The van der Waals surface area contributed by atoms with Crippen LogP contribution in [-0.2, 0) is 0 Å². The largest absolute Gasteiger partial charge is 0.457 e. The van der Waals surface area contributed by atoms with Crippen LogP contribution in [-0.4, -0.2) is 16.8 Å². The van der Waals surface area contributed by atoms with E-state index in [0.29, 0.717) is 27.9 Å². The third-order valence-electron chi connectivity index (χ3n) is 5.61. The van der Waals surface area contributed by atoms with Crippen molar-refractivity contribution in [2.75, 3.05) is 5.32 Å². The number of ether oxygens (including phenoxy) is 1. The first-order valence-electron chi connectivity index (χ1n) is 11.1. The summed E-state index contributed by atoms with van der Waals surface area (Å²) >= 11 is 12.1. The number of nitrogens with one attached hydrogen (secondary N) is 1. The maximum Gasteiger partial charge on any atom is 0.342 e. The predicted molar refractivity (Wildman–Crippen MR) is 141 cm³/mol. The van der Waals surface area contributed by atoms with E-state index in [1.165, 1.54) is 5.01 Å². The Labute approximate surface area is 213 Å². The zero-order valence-electron chi connectivity index (χ0n) is 18.6. The van der Waals surface area contributed by atoms with E-state index < -0.39 is 0 Å². The lowest BCUT2D eigenvalue weighted by molar-refractivity contribution is 0.200. The Balaban J connectivity index is 1.39. The topological polar surface area (TPSA) is 53.9 Å². The number of carbonyl (C=O) groups is 1. The van der Waals surface area contributed by atoms with Gasteiger partial charge in [0.05, 0.1) is 11.8 Å². The van der Waals surface area contributed by atoms with E-state index in [0.717, 1.165) is 22.6 Å². The average molecular weight is 502 g/mol. The van der Waals surface area contributed by atoms with Crippen LogP contribution in [0.3, 0.4) is 0 Å². The van der Waals surface area contributed by atoms with Gasteiger partial charge in [-0.25, -0.2) is 9.80 Å². The van der Waals surface area contributed by atoms with Gasteiger partial charge in [-0.05, 0) is 59.7 Å². The van der Waals surface area contributed by atoms with Crippen molar-refractivity contribution in [3.05, 3.63) is 124 Å². The number of anilines is 1. The monoisotopic (exact) mass is 501 g/mol. The smallest absolute Gasteiger partial charge is 0.342 e. The van der Waals surface area contributed by atoms with E-state index in [4.69, 9.17) is 27.9 Å². The number of nitrogens with zero attached hydrogens (tertiary/aromatic N) is 2. The fourth-order valence-electron chi connectivity index (χ4n) is 3.90. The maximum atomic E-state index is 13.4. The molecule has 35 heavy (non-hydrogen) atoms. The van der Waals surface area contributed by atoms with Crippen molar-refractivity contribution < 1.29 is 9.53 Å². The normalized spacial score (nSPS) is 15.0. The van der Waals surface area contributed by atoms with Crippen LogP contribution in [0.4, 0.5) is 10.5 Å². The Morgan fingerprint density at radius 2 is 1.49 bits per heavy atom. The van der Waals surface area contributed by atoms with Crippen LogP contribution in [0.25, 0.3) is 0 Å². The number of halogens is 2. The number of hydrogen-bond donors (Lipinski definition) is 1. The van der Waals surface area contributed by atoms with Gasteiger partial charge in [0.15, 0.2) is 0 Å². The molecule has 4 aromatic rings. The second kappa shape index (κ2) is 10.2. The van der Waals surface area contributed by atoms with Gasteiger partial charge in [-0.2, -0.15) is 5.10 Å². The van der Waals surface area contributed by atoms with Crippen molar-refractivity contribution in [2.24, 2.45) is 5.10 Å². The highest BCUT2D eigenvalue weighted by atomic mass is 35.5. The number of urea groups is 1. The summed E-state index contributed by atoms with van der Waals surface area (Å²) in [6.45, 7) is 0. The summed E-state index contributed by atoms with van der Waals surface area (Å²) in [6, 6.07) is 31.0. The maximum absolute atomic E-state index is 13.4. The van der Waals surface area contributed by atoms with Gasteiger partial charge in [-0.15, -0.1) is 0 Å². The lowest BCUT2D eigenvalue weighted by Gasteiger charge is -2.22. The molecule has 5 nitrogen and oxygen atoms in total. The number of para-hydroxylation sites is 1. The van der Waals surface area contributed by atoms with Gasteiger partial charge in [0.2, 0.25) is 0 Å². The van der Waals surface area contributed by atoms with Crippen molar-refractivity contribution >= 4 is 40.6 Å². The van der Waals surface area contributed by atoms with E-state index in [2.05, 4.69) is 10.4 Å². The quantitative estimate of drug-likeness (QED) is 0.299. The summed E-state index contributed by atoms with van der Waals surface area (Å²) in [4.78, 5) is 13.4. The summed E-state index contributed by atoms with van der Waals surface area (Å²) in [7, 11) is 0. The van der Waals surface area contributed by atoms with Crippen molar-refractivity contribution in [3.8, 4) is 11.5 Å². The molecule has 174 valence electrons. The molecule has 0 spiro atoms. The molecule has 0 radical (unpaired) electrons. The van der Waals surface area contributed by atoms with E-state index in [9.17, 15) is 4.79 Å². The second-order valence-corrected chi connectivity index (χ2v) is 8.92. The molecule has 1 unspecified atom stereocenters. The minimum absolute atomic E-state index is 0.276. The predicted octanol–water partition coefficient (Wildman–Crippen LogP) is 8.17. The number of rotatable bonds is 5. The Morgan fingerprint density at radius 1 is 0.829 bits per heavy atom. The molecule has 4 aromatic carbocycles. The first kappa shape index (κ1) is 23.0. The Kier molecular flexibility index (Phi) is 6.70. The van der Waals surface area contributed by atoms with Crippen LogP contribution in [0.15, 0.2) is 108 Å². The summed E-state index contributed by atoms with van der Waals surface area (Å²) < 4.78 is 5.90. The number of hydrazone groups is 1. The van der Waals surface area contributed by atoms with Gasteiger partial charge in [-0.1, -0.05) is 71.7 Å². The minimum Gasteiger partial charge on any atom is -0.457 e. The fourth-order valence-corrected chi connectivity index (χ4v) is 4.15. The van der Waals surface area contributed by atoms with E-state index in [1.54, 1.807) is 6.07 Å². The Hall–Kier alpha value is -3.80. The van der Waals surface area contributed by atoms with Gasteiger partial charge in [0.1, 0.15) is 11.5 Å².